The van der Waals surface area contributed by atoms with Crippen molar-refractivity contribution in [2.24, 2.45) is 0 Å². The number of amides is 1. The molecule has 11 heteroatoms. The fourth-order valence-electron chi connectivity index (χ4n) is 5.41. The number of fused-ring (bicyclic) bond motifs is 3. The second-order valence-electron chi connectivity index (χ2n) is 11.4. The van der Waals surface area contributed by atoms with E-state index in [0.717, 1.165) is 27.7 Å². The van der Waals surface area contributed by atoms with Crippen molar-refractivity contribution in [2.75, 3.05) is 11.4 Å². The Labute approximate surface area is 281 Å². The average Bonchev–Trinajstić information content (AvgIpc) is 3.11. The van der Waals surface area contributed by atoms with Gasteiger partial charge in [0.05, 0.1) is 33.9 Å². The van der Waals surface area contributed by atoms with Crippen LogP contribution >= 0.6 is 0 Å². The van der Waals surface area contributed by atoms with Crippen LogP contribution in [-0.2, 0) is 13.1 Å². The molecular formula is C38H32N8O3. The highest BCUT2D eigenvalue weighted by molar-refractivity contribution is 5.94. The smallest absolute Gasteiger partial charge is 0.258 e. The topological polar surface area (TPSA) is 150 Å². The van der Waals surface area contributed by atoms with Gasteiger partial charge in [-0.3, -0.25) is 14.4 Å². The average molecular weight is 649 g/mol. The monoisotopic (exact) mass is 648 g/mol. The van der Waals surface area contributed by atoms with Crippen molar-refractivity contribution in [1.29, 1.82) is 0 Å². The van der Waals surface area contributed by atoms with Crippen LogP contribution in [0.4, 0.5) is 5.69 Å². The molecule has 0 radical (unpaired) electrons. The summed E-state index contributed by atoms with van der Waals surface area (Å²) in [6.45, 7) is 4.58. The van der Waals surface area contributed by atoms with Crippen molar-refractivity contribution in [3.05, 3.63) is 147 Å². The Morgan fingerprint density at radius 2 is 1.45 bits per heavy atom. The quantitative estimate of drug-likeness (QED) is 0.205. The maximum Gasteiger partial charge on any atom is 0.258 e. The Morgan fingerprint density at radius 3 is 2.10 bits per heavy atom. The number of para-hydroxylation sites is 1. The highest BCUT2D eigenvalue weighted by atomic mass is 16.1. The summed E-state index contributed by atoms with van der Waals surface area (Å²) in [7, 11) is 0. The molecule has 3 N–H and O–H groups in total. The summed E-state index contributed by atoms with van der Waals surface area (Å²) in [5, 5.41) is 4.98. The summed E-state index contributed by atoms with van der Waals surface area (Å²) < 4.78 is 0. The van der Waals surface area contributed by atoms with Gasteiger partial charge in [0.25, 0.3) is 17.0 Å². The Morgan fingerprint density at radius 1 is 0.816 bits per heavy atom. The van der Waals surface area contributed by atoms with Crippen LogP contribution in [0.2, 0.25) is 0 Å². The first-order chi connectivity index (χ1) is 23.8. The number of aromatic nitrogens is 6. The number of anilines is 1. The van der Waals surface area contributed by atoms with Gasteiger partial charge in [-0.05, 0) is 79.6 Å². The number of nitrogens with zero attached hydrogens (tertiary/aromatic N) is 5. The van der Waals surface area contributed by atoms with Crippen LogP contribution < -0.4 is 21.3 Å². The zero-order valence-corrected chi connectivity index (χ0v) is 26.9. The minimum Gasteiger partial charge on any atom is -0.356 e. The number of aromatic amines is 2. The van der Waals surface area contributed by atoms with Gasteiger partial charge in [0.15, 0.2) is 0 Å². The summed E-state index contributed by atoms with van der Waals surface area (Å²) in [5.74, 6) is 3.56. The van der Waals surface area contributed by atoms with Gasteiger partial charge in [0, 0.05) is 35.9 Å². The fourth-order valence-corrected chi connectivity index (χ4v) is 5.41. The molecule has 0 aliphatic carbocycles. The maximum absolute atomic E-state index is 12.8. The lowest BCUT2D eigenvalue weighted by atomic mass is 10.1. The van der Waals surface area contributed by atoms with Gasteiger partial charge in [0.2, 0.25) is 0 Å². The van der Waals surface area contributed by atoms with Crippen LogP contribution in [0.1, 0.15) is 33.1 Å². The minimum atomic E-state index is -0.238. The molecule has 3 heterocycles. The lowest BCUT2D eigenvalue weighted by molar-refractivity contribution is 0.0951. The summed E-state index contributed by atoms with van der Waals surface area (Å²) in [4.78, 5) is 61.5. The van der Waals surface area contributed by atoms with Crippen LogP contribution in [0.25, 0.3) is 32.7 Å². The van der Waals surface area contributed by atoms with Crippen molar-refractivity contribution >= 4 is 44.3 Å². The number of carbonyl (C=O) groups excluding carboxylic acids is 1. The van der Waals surface area contributed by atoms with Gasteiger partial charge >= 0.3 is 0 Å². The van der Waals surface area contributed by atoms with Crippen LogP contribution in [0.3, 0.4) is 0 Å². The molecule has 0 spiro atoms. The van der Waals surface area contributed by atoms with E-state index in [1.807, 2.05) is 71.8 Å². The van der Waals surface area contributed by atoms with Gasteiger partial charge < -0.3 is 20.2 Å². The number of rotatable bonds is 7. The Balaban J connectivity index is 0.000000353. The number of benzene rings is 4. The van der Waals surface area contributed by atoms with Crippen molar-refractivity contribution in [3.63, 3.8) is 0 Å². The molecule has 0 bridgehead atoms. The molecule has 0 aliphatic heterocycles. The molecule has 242 valence electrons. The summed E-state index contributed by atoms with van der Waals surface area (Å²) in [6.07, 6.45) is 9.00. The predicted octanol–water partition coefficient (Wildman–Crippen LogP) is 4.98. The van der Waals surface area contributed by atoms with Crippen LogP contribution in [0, 0.1) is 26.2 Å². The van der Waals surface area contributed by atoms with E-state index in [1.165, 1.54) is 0 Å². The Hall–Kier alpha value is -6.67. The first kappa shape index (κ1) is 32.3. The van der Waals surface area contributed by atoms with E-state index in [9.17, 15) is 14.4 Å². The second kappa shape index (κ2) is 14.4. The lowest BCUT2D eigenvalue weighted by Crippen LogP contribution is -2.24. The molecule has 0 atom stereocenters. The fraction of sp³-hybridized carbons (Fsp3) is 0.132. The number of terminal acetylenes is 1. The highest BCUT2D eigenvalue weighted by Gasteiger charge is 2.12. The van der Waals surface area contributed by atoms with Crippen molar-refractivity contribution in [2.45, 2.75) is 26.9 Å². The zero-order valence-electron chi connectivity index (χ0n) is 26.9. The van der Waals surface area contributed by atoms with Crippen molar-refractivity contribution < 1.29 is 4.79 Å². The molecule has 3 aromatic heterocycles. The van der Waals surface area contributed by atoms with E-state index >= 15 is 0 Å². The molecule has 49 heavy (non-hydrogen) atoms. The third-order valence-electron chi connectivity index (χ3n) is 7.79. The van der Waals surface area contributed by atoms with Gasteiger partial charge in [-0.2, -0.15) is 0 Å². The van der Waals surface area contributed by atoms with Crippen molar-refractivity contribution in [3.8, 4) is 12.3 Å². The number of hydrogen-bond donors (Lipinski definition) is 3. The van der Waals surface area contributed by atoms with E-state index in [0.29, 0.717) is 52.1 Å². The normalized spacial score (nSPS) is 10.7. The molecule has 0 fully saturated rings. The zero-order chi connectivity index (χ0) is 34.3. The number of H-pyrrole nitrogens is 2. The van der Waals surface area contributed by atoms with Gasteiger partial charge in [-0.1, -0.05) is 36.3 Å². The Kier molecular flexibility index (Phi) is 9.48. The highest BCUT2D eigenvalue weighted by Crippen LogP contribution is 2.20. The molecule has 4 aromatic carbocycles. The SMILES string of the molecule is C#CCN(Cc1ccc2nc(C)[nH]c(=O)c2c1)c1ccc(C(=O)NCc2ccc3nc(C)[nH]c(=O)c3c2)cc1.c1ccc2ncncc2c1. The van der Waals surface area contributed by atoms with E-state index in [1.54, 1.807) is 44.4 Å². The number of aryl methyl sites for hydroxylation is 2. The number of hydrogen-bond acceptors (Lipinski definition) is 8. The second-order valence-corrected chi connectivity index (χ2v) is 11.4. The summed E-state index contributed by atoms with van der Waals surface area (Å²) in [5.41, 5.74) is 4.91. The first-order valence-corrected chi connectivity index (χ1v) is 15.5. The first-order valence-electron chi connectivity index (χ1n) is 15.5. The molecule has 0 unspecified atom stereocenters. The molecule has 0 saturated heterocycles. The molecule has 1 amide bonds. The number of carbonyl (C=O) groups is 1. The van der Waals surface area contributed by atoms with E-state index in [4.69, 9.17) is 6.42 Å². The molecule has 7 aromatic rings. The molecule has 7 rings (SSSR count). The summed E-state index contributed by atoms with van der Waals surface area (Å²) >= 11 is 0. The van der Waals surface area contributed by atoms with Gasteiger partial charge in [0.1, 0.15) is 18.0 Å². The van der Waals surface area contributed by atoms with E-state index in [2.05, 4.69) is 41.1 Å². The molecule has 11 nitrogen and oxygen atoms in total. The standard InChI is InChI=1S/C30H26N6O3.C8H6N2/c1-4-13-36(17-21-6-12-27-25(15-21)30(39)35-19(3)33-27)23-9-7-22(8-10-23)28(37)31-16-20-5-11-26-24(14-20)29(38)34-18(2)32-26;1-2-4-8-7(3-1)5-9-6-10-8/h1,5-12,14-15H,13,16-17H2,2-3H3,(H,31,37)(H,32,34,38)(H,33,35,39);1-6H. The van der Waals surface area contributed by atoms with Crippen molar-refractivity contribution in [1.82, 2.24) is 35.2 Å². The van der Waals surface area contributed by atoms with Crippen LogP contribution in [0.15, 0.2) is 107 Å². The van der Waals surface area contributed by atoms with E-state index in [-0.39, 0.29) is 23.6 Å². The van der Waals surface area contributed by atoms with Gasteiger partial charge in [-0.15, -0.1) is 6.42 Å². The third kappa shape index (κ3) is 7.66. The summed E-state index contributed by atoms with van der Waals surface area (Å²) in [6, 6.07) is 26.0. The van der Waals surface area contributed by atoms with Crippen LogP contribution in [0.5, 0.6) is 0 Å². The molecule has 0 saturated carbocycles. The maximum atomic E-state index is 12.8. The lowest BCUT2D eigenvalue weighted by Gasteiger charge is -2.23. The van der Waals surface area contributed by atoms with Crippen LogP contribution in [-0.4, -0.2) is 42.4 Å². The Bertz CT molecular complexity index is 2400. The predicted molar refractivity (Wildman–Crippen MR) is 191 cm³/mol. The minimum absolute atomic E-state index is 0.180. The third-order valence-corrected chi connectivity index (χ3v) is 7.79. The largest absolute Gasteiger partial charge is 0.356 e. The molecule has 0 aliphatic rings. The number of nitrogens with one attached hydrogen (secondary N) is 3. The van der Waals surface area contributed by atoms with Gasteiger partial charge in [-0.25, -0.2) is 19.9 Å². The van der Waals surface area contributed by atoms with E-state index < -0.39 is 0 Å². The molecular weight excluding hydrogens is 616 g/mol.